The summed E-state index contributed by atoms with van der Waals surface area (Å²) in [7, 11) is -2.98. The van der Waals surface area contributed by atoms with E-state index in [-0.39, 0.29) is 16.6 Å². The van der Waals surface area contributed by atoms with Gasteiger partial charge in [0.15, 0.2) is 0 Å². The molecule has 2 aliphatic rings. The molecule has 1 aliphatic carbocycles. The lowest BCUT2D eigenvalue weighted by atomic mass is 9.70. The van der Waals surface area contributed by atoms with Gasteiger partial charge in [0.1, 0.15) is 10.6 Å². The van der Waals surface area contributed by atoms with Gasteiger partial charge in [0, 0.05) is 22.3 Å². The number of halogens is 1. The number of nitrogens with one attached hydrogen (secondary N) is 1. The van der Waals surface area contributed by atoms with E-state index in [0.717, 1.165) is 29.1 Å². The highest BCUT2D eigenvalue weighted by Crippen LogP contribution is 2.52. The molecule has 0 saturated heterocycles. The van der Waals surface area contributed by atoms with Crippen molar-refractivity contribution in [1.29, 1.82) is 0 Å². The average Bonchev–Trinajstić information content (AvgIpc) is 3.11. The number of nitrogens with zero attached hydrogens (tertiary/aromatic N) is 1. The Morgan fingerprint density at radius 3 is 2.46 bits per heavy atom. The normalized spacial score (nSPS) is 16.5. The number of hydrogen-bond donors (Lipinski definition) is 1. The fourth-order valence-corrected chi connectivity index (χ4v) is 7.26. The Morgan fingerprint density at radius 2 is 1.76 bits per heavy atom. The minimum absolute atomic E-state index is 0.0236. The Bertz CT molecular complexity index is 1510. The molecule has 0 bridgehead atoms. The van der Waals surface area contributed by atoms with Gasteiger partial charge >= 0.3 is 0 Å². The van der Waals surface area contributed by atoms with E-state index in [1.807, 2.05) is 19.1 Å². The summed E-state index contributed by atoms with van der Waals surface area (Å²) < 4.78 is 34.3. The lowest BCUT2D eigenvalue weighted by Crippen LogP contribution is -2.44. The van der Waals surface area contributed by atoms with Crippen LogP contribution >= 0.6 is 11.6 Å². The number of amides is 2. The van der Waals surface area contributed by atoms with Crippen LogP contribution in [0.3, 0.4) is 0 Å². The number of aryl methyl sites for hydroxylation is 1. The number of hydrogen-bond acceptors (Lipinski definition) is 5. The number of anilines is 2. The first-order valence-corrected chi connectivity index (χ1v) is 14.0. The molecular weight excluding hydrogens is 512 g/mol. The second kappa shape index (κ2) is 9.50. The lowest BCUT2D eigenvalue weighted by Gasteiger charge is -2.32. The number of rotatable bonds is 5. The minimum atomic E-state index is -4.33. The van der Waals surface area contributed by atoms with Crippen LogP contribution in [0.1, 0.15) is 53.6 Å². The molecule has 1 N–H and O–H groups in total. The molecule has 3 aromatic rings. The summed E-state index contributed by atoms with van der Waals surface area (Å²) >= 11 is 6.28. The predicted octanol–water partition coefficient (Wildman–Crippen LogP) is 5.85. The van der Waals surface area contributed by atoms with Crippen molar-refractivity contribution in [3.05, 3.63) is 82.4 Å². The van der Waals surface area contributed by atoms with Crippen molar-refractivity contribution in [2.75, 3.05) is 16.7 Å². The van der Waals surface area contributed by atoms with E-state index in [2.05, 4.69) is 5.32 Å². The lowest BCUT2D eigenvalue weighted by molar-refractivity contribution is -0.123. The molecule has 1 fully saturated rings. The highest BCUT2D eigenvalue weighted by molar-refractivity contribution is 7.93. The van der Waals surface area contributed by atoms with Gasteiger partial charge in [-0.25, -0.2) is 12.7 Å². The van der Waals surface area contributed by atoms with E-state index < -0.39 is 21.3 Å². The molecule has 1 saturated carbocycles. The zero-order valence-corrected chi connectivity index (χ0v) is 22.2. The van der Waals surface area contributed by atoms with Crippen LogP contribution in [0.4, 0.5) is 11.4 Å². The number of sulfonamides is 1. The largest absolute Gasteiger partial charge is 0.495 e. The Morgan fingerprint density at radius 1 is 1.03 bits per heavy atom. The number of benzene rings is 3. The van der Waals surface area contributed by atoms with Crippen LogP contribution in [0.2, 0.25) is 5.02 Å². The summed E-state index contributed by atoms with van der Waals surface area (Å²) in [5.41, 5.74) is 1.78. The number of ether oxygens (including phenoxy) is 1. The molecule has 37 heavy (non-hydrogen) atoms. The van der Waals surface area contributed by atoms with Gasteiger partial charge < -0.3 is 10.1 Å². The maximum atomic E-state index is 14.0. The summed E-state index contributed by atoms with van der Waals surface area (Å²) in [4.78, 5) is 26.5. The average molecular weight is 539 g/mol. The summed E-state index contributed by atoms with van der Waals surface area (Å²) in [6, 6.07) is 16.4. The van der Waals surface area contributed by atoms with E-state index in [9.17, 15) is 18.0 Å². The van der Waals surface area contributed by atoms with Gasteiger partial charge in [0.2, 0.25) is 0 Å². The molecule has 1 aliphatic heterocycles. The van der Waals surface area contributed by atoms with E-state index in [0.29, 0.717) is 40.4 Å². The standard InChI is InChI=1S/C28H27ClN2O5S/c1-18-8-4-5-9-21(18)26(32)30-20-11-13-25(24(17-20)36-2)37(34,35)31-23-12-10-19(29)16-22(23)28(27(31)33)14-6-3-7-15-28/h4-5,8-13,16-17H,3,6-7,14-15H2,1-2H3,(H,30,32). The van der Waals surface area contributed by atoms with Crippen LogP contribution in [0.15, 0.2) is 65.6 Å². The van der Waals surface area contributed by atoms with Crippen molar-refractivity contribution in [1.82, 2.24) is 0 Å². The molecule has 192 valence electrons. The fraction of sp³-hybridized carbons (Fsp3) is 0.286. The van der Waals surface area contributed by atoms with Crippen LogP contribution in [0.25, 0.3) is 0 Å². The second-order valence-corrected chi connectivity index (χ2v) is 11.7. The van der Waals surface area contributed by atoms with Crippen LogP contribution in [0.5, 0.6) is 5.75 Å². The quantitative estimate of drug-likeness (QED) is 0.440. The number of fused-ring (bicyclic) bond motifs is 2. The molecule has 9 heteroatoms. The molecular formula is C28H27ClN2O5S. The molecule has 2 amide bonds. The van der Waals surface area contributed by atoms with Crippen LogP contribution in [-0.4, -0.2) is 27.3 Å². The molecule has 1 heterocycles. The first-order valence-electron chi connectivity index (χ1n) is 12.1. The third kappa shape index (κ3) is 4.18. The zero-order valence-electron chi connectivity index (χ0n) is 20.6. The van der Waals surface area contributed by atoms with Crippen molar-refractivity contribution < 1.29 is 22.7 Å². The Labute approximate surface area is 221 Å². The fourth-order valence-electron chi connectivity index (χ4n) is 5.45. The first-order chi connectivity index (χ1) is 17.7. The van der Waals surface area contributed by atoms with Crippen LogP contribution in [-0.2, 0) is 20.2 Å². The topological polar surface area (TPSA) is 92.8 Å². The predicted molar refractivity (Wildman–Crippen MR) is 143 cm³/mol. The molecule has 0 unspecified atom stereocenters. The third-order valence-corrected chi connectivity index (χ3v) is 9.29. The SMILES string of the molecule is COc1cc(NC(=O)c2ccccc2C)ccc1S(=O)(=O)N1C(=O)C2(CCCCC2)c2cc(Cl)ccc21. The van der Waals surface area contributed by atoms with Gasteiger partial charge in [-0.2, -0.15) is 0 Å². The number of carbonyl (C=O) groups is 2. The van der Waals surface area contributed by atoms with Crippen molar-refractivity contribution >= 4 is 44.8 Å². The van der Waals surface area contributed by atoms with Crippen molar-refractivity contribution in [2.24, 2.45) is 0 Å². The maximum Gasteiger partial charge on any atom is 0.274 e. The summed E-state index contributed by atoms with van der Waals surface area (Å²) in [6.07, 6.45) is 3.83. The summed E-state index contributed by atoms with van der Waals surface area (Å²) in [6.45, 7) is 1.84. The third-order valence-electron chi connectivity index (χ3n) is 7.32. The van der Waals surface area contributed by atoms with Gasteiger partial charge in [0.05, 0.1) is 18.2 Å². The van der Waals surface area contributed by atoms with Gasteiger partial charge in [-0.1, -0.05) is 49.1 Å². The molecule has 0 aromatic heterocycles. The van der Waals surface area contributed by atoms with Gasteiger partial charge in [0.25, 0.3) is 21.8 Å². The molecule has 1 spiro atoms. The molecule has 5 rings (SSSR count). The Hall–Kier alpha value is -3.36. The monoisotopic (exact) mass is 538 g/mol. The highest BCUT2D eigenvalue weighted by Gasteiger charge is 2.55. The molecule has 3 aromatic carbocycles. The van der Waals surface area contributed by atoms with E-state index in [4.69, 9.17) is 16.3 Å². The molecule has 0 radical (unpaired) electrons. The van der Waals surface area contributed by atoms with Gasteiger partial charge in [-0.05, 0) is 67.3 Å². The summed E-state index contributed by atoms with van der Waals surface area (Å²) in [5, 5.41) is 3.25. The molecule has 0 atom stereocenters. The first kappa shape index (κ1) is 25.3. The van der Waals surface area contributed by atoms with E-state index >= 15 is 0 Å². The Balaban J connectivity index is 1.53. The second-order valence-electron chi connectivity index (χ2n) is 9.51. The maximum absolute atomic E-state index is 14.0. The van der Waals surface area contributed by atoms with E-state index in [1.54, 1.807) is 30.3 Å². The summed E-state index contributed by atoms with van der Waals surface area (Å²) in [5.74, 6) is -0.755. The van der Waals surface area contributed by atoms with Crippen molar-refractivity contribution in [3.8, 4) is 5.75 Å². The van der Waals surface area contributed by atoms with Gasteiger partial charge in [-0.3, -0.25) is 9.59 Å². The minimum Gasteiger partial charge on any atom is -0.495 e. The van der Waals surface area contributed by atoms with Crippen molar-refractivity contribution in [3.63, 3.8) is 0 Å². The highest BCUT2D eigenvalue weighted by atomic mass is 35.5. The molecule has 7 nitrogen and oxygen atoms in total. The Kier molecular flexibility index (Phi) is 6.50. The van der Waals surface area contributed by atoms with Crippen LogP contribution < -0.4 is 14.4 Å². The van der Waals surface area contributed by atoms with Gasteiger partial charge in [-0.15, -0.1) is 0 Å². The van der Waals surface area contributed by atoms with Crippen LogP contribution in [0, 0.1) is 6.92 Å². The van der Waals surface area contributed by atoms with E-state index in [1.165, 1.54) is 25.3 Å². The number of methoxy groups -OCH3 is 1. The van der Waals surface area contributed by atoms with Crippen molar-refractivity contribution in [2.45, 2.75) is 49.3 Å². The smallest absolute Gasteiger partial charge is 0.274 e. The number of carbonyl (C=O) groups excluding carboxylic acids is 2. The zero-order chi connectivity index (χ0) is 26.4.